The van der Waals surface area contributed by atoms with Crippen LogP contribution in [0.15, 0.2) is 30.9 Å². The molecular formula is C10H10ClNO4S. The molecule has 1 aromatic rings. The first-order valence-electron chi connectivity index (χ1n) is 4.50. The molecule has 1 rings (SSSR count). The topological polar surface area (TPSA) is 83.5 Å². The van der Waals surface area contributed by atoms with E-state index in [2.05, 4.69) is 11.3 Å². The summed E-state index contributed by atoms with van der Waals surface area (Å²) in [6.07, 6.45) is 1.21. The lowest BCUT2D eigenvalue weighted by molar-refractivity contribution is 0.0698. The molecule has 1 aromatic carbocycles. The van der Waals surface area contributed by atoms with Crippen LogP contribution >= 0.6 is 11.6 Å². The molecule has 2 N–H and O–H groups in total. The zero-order chi connectivity index (χ0) is 13.1. The van der Waals surface area contributed by atoms with Crippen molar-refractivity contribution in [1.82, 2.24) is 0 Å². The lowest BCUT2D eigenvalue weighted by Crippen LogP contribution is -2.17. The SMILES string of the molecule is C=CCS(=O)(=O)Nc1ccc(Cl)cc1C(=O)O. The van der Waals surface area contributed by atoms with Crippen molar-refractivity contribution in [3.05, 3.63) is 41.4 Å². The van der Waals surface area contributed by atoms with Crippen LogP contribution in [-0.4, -0.2) is 25.2 Å². The van der Waals surface area contributed by atoms with Crippen LogP contribution in [0.5, 0.6) is 0 Å². The van der Waals surface area contributed by atoms with Gasteiger partial charge in [-0.25, -0.2) is 13.2 Å². The predicted molar refractivity (Wildman–Crippen MR) is 66.0 cm³/mol. The lowest BCUT2D eigenvalue weighted by Gasteiger charge is -2.09. The van der Waals surface area contributed by atoms with Gasteiger partial charge in [-0.1, -0.05) is 17.7 Å². The van der Waals surface area contributed by atoms with E-state index < -0.39 is 16.0 Å². The first-order chi connectivity index (χ1) is 7.85. The van der Waals surface area contributed by atoms with E-state index in [9.17, 15) is 13.2 Å². The van der Waals surface area contributed by atoms with Crippen LogP contribution in [0.25, 0.3) is 0 Å². The van der Waals surface area contributed by atoms with E-state index in [1.165, 1.54) is 24.3 Å². The number of hydrogen-bond acceptors (Lipinski definition) is 3. The summed E-state index contributed by atoms with van der Waals surface area (Å²) >= 11 is 5.64. The fraction of sp³-hybridized carbons (Fsp3) is 0.100. The molecule has 0 radical (unpaired) electrons. The van der Waals surface area contributed by atoms with Gasteiger partial charge in [0.2, 0.25) is 10.0 Å². The van der Waals surface area contributed by atoms with E-state index in [1.807, 2.05) is 0 Å². The smallest absolute Gasteiger partial charge is 0.337 e. The van der Waals surface area contributed by atoms with Gasteiger partial charge in [0.25, 0.3) is 0 Å². The van der Waals surface area contributed by atoms with Crippen molar-refractivity contribution >= 4 is 33.3 Å². The number of rotatable bonds is 5. The third-order valence-electron chi connectivity index (χ3n) is 1.81. The summed E-state index contributed by atoms with van der Waals surface area (Å²) in [5.41, 5.74) is -0.228. The Kier molecular flexibility index (Phi) is 4.14. The van der Waals surface area contributed by atoms with Crippen molar-refractivity contribution in [1.29, 1.82) is 0 Å². The molecule has 0 saturated carbocycles. The largest absolute Gasteiger partial charge is 0.478 e. The summed E-state index contributed by atoms with van der Waals surface area (Å²) in [5.74, 6) is -1.56. The molecule has 0 spiro atoms. The van der Waals surface area contributed by atoms with Crippen molar-refractivity contribution in [2.45, 2.75) is 0 Å². The second-order valence-electron chi connectivity index (χ2n) is 3.17. The number of aromatic carboxylic acids is 1. The Morgan fingerprint density at radius 2 is 2.18 bits per heavy atom. The number of sulfonamides is 1. The van der Waals surface area contributed by atoms with Gasteiger partial charge < -0.3 is 5.11 Å². The molecule has 0 saturated heterocycles. The Balaban J connectivity index is 3.15. The molecule has 0 aliphatic rings. The van der Waals surface area contributed by atoms with Gasteiger partial charge in [-0.3, -0.25) is 4.72 Å². The summed E-state index contributed by atoms with van der Waals surface area (Å²) < 4.78 is 25.1. The highest BCUT2D eigenvalue weighted by Crippen LogP contribution is 2.21. The number of benzene rings is 1. The first kappa shape index (κ1) is 13.5. The summed E-state index contributed by atoms with van der Waals surface area (Å²) in [6.45, 7) is 3.30. The highest BCUT2D eigenvalue weighted by atomic mass is 35.5. The Morgan fingerprint density at radius 3 is 2.71 bits per heavy atom. The van der Waals surface area contributed by atoms with Gasteiger partial charge in [-0.05, 0) is 18.2 Å². The molecule has 0 fully saturated rings. The van der Waals surface area contributed by atoms with Gasteiger partial charge in [-0.15, -0.1) is 6.58 Å². The van der Waals surface area contributed by atoms with Crippen LogP contribution in [0.3, 0.4) is 0 Å². The predicted octanol–water partition coefficient (Wildman–Crippen LogP) is 1.97. The van der Waals surface area contributed by atoms with Crippen LogP contribution < -0.4 is 4.72 Å². The average molecular weight is 276 g/mol. The van der Waals surface area contributed by atoms with Crippen LogP contribution in [0.4, 0.5) is 5.69 Å². The number of carbonyl (C=O) groups is 1. The third kappa shape index (κ3) is 3.76. The monoisotopic (exact) mass is 275 g/mol. The standard InChI is InChI=1S/C10H10ClNO4S/c1-2-5-17(15,16)12-9-4-3-7(11)6-8(9)10(13)14/h2-4,6,12H,1,5H2,(H,13,14). The number of hydrogen-bond donors (Lipinski definition) is 2. The van der Waals surface area contributed by atoms with Crippen LogP contribution in [-0.2, 0) is 10.0 Å². The quantitative estimate of drug-likeness (QED) is 0.805. The lowest BCUT2D eigenvalue weighted by atomic mass is 10.2. The summed E-state index contributed by atoms with van der Waals surface area (Å²) in [5, 5.41) is 9.12. The molecule has 0 aliphatic carbocycles. The fourth-order valence-electron chi connectivity index (χ4n) is 1.15. The van der Waals surface area contributed by atoms with Gasteiger partial charge in [-0.2, -0.15) is 0 Å². The maximum atomic E-state index is 11.5. The maximum Gasteiger partial charge on any atom is 0.337 e. The molecule has 5 nitrogen and oxygen atoms in total. The molecule has 0 atom stereocenters. The molecule has 0 aliphatic heterocycles. The zero-order valence-corrected chi connectivity index (χ0v) is 10.3. The molecule has 0 unspecified atom stereocenters. The van der Waals surface area contributed by atoms with E-state index in [1.54, 1.807) is 0 Å². The second-order valence-corrected chi connectivity index (χ2v) is 5.37. The molecule has 7 heteroatoms. The Labute approximate surface area is 104 Å². The number of nitrogens with one attached hydrogen (secondary N) is 1. The van der Waals surface area contributed by atoms with Crippen molar-refractivity contribution in [3.8, 4) is 0 Å². The number of halogens is 1. The van der Waals surface area contributed by atoms with Gasteiger partial charge >= 0.3 is 5.97 Å². The van der Waals surface area contributed by atoms with E-state index in [0.29, 0.717) is 0 Å². The van der Waals surface area contributed by atoms with Gasteiger partial charge in [0, 0.05) is 5.02 Å². The molecule has 17 heavy (non-hydrogen) atoms. The third-order valence-corrected chi connectivity index (χ3v) is 3.26. The zero-order valence-electron chi connectivity index (χ0n) is 8.68. The molecule has 0 aromatic heterocycles. The van der Waals surface area contributed by atoms with E-state index in [4.69, 9.17) is 16.7 Å². The number of carboxylic acids is 1. The van der Waals surface area contributed by atoms with Crippen molar-refractivity contribution < 1.29 is 18.3 Å². The molecule has 0 amide bonds. The number of anilines is 1. The Morgan fingerprint density at radius 1 is 1.53 bits per heavy atom. The van der Waals surface area contributed by atoms with Crippen molar-refractivity contribution in [2.75, 3.05) is 10.5 Å². The fourth-order valence-corrected chi connectivity index (χ4v) is 2.23. The summed E-state index contributed by atoms with van der Waals surface area (Å²) in [6, 6.07) is 3.88. The summed E-state index contributed by atoms with van der Waals surface area (Å²) in [4.78, 5) is 10.9. The molecule has 0 heterocycles. The van der Waals surface area contributed by atoms with E-state index >= 15 is 0 Å². The maximum absolute atomic E-state index is 11.5. The van der Waals surface area contributed by atoms with Crippen LogP contribution in [0.1, 0.15) is 10.4 Å². The minimum absolute atomic E-state index is 0.0243. The minimum Gasteiger partial charge on any atom is -0.478 e. The van der Waals surface area contributed by atoms with Crippen molar-refractivity contribution in [2.24, 2.45) is 0 Å². The van der Waals surface area contributed by atoms with Crippen LogP contribution in [0.2, 0.25) is 5.02 Å². The Hall–Kier alpha value is -1.53. The first-order valence-corrected chi connectivity index (χ1v) is 6.53. The van der Waals surface area contributed by atoms with Gasteiger partial charge in [0.05, 0.1) is 17.0 Å². The molecular weight excluding hydrogens is 266 g/mol. The highest BCUT2D eigenvalue weighted by molar-refractivity contribution is 7.92. The second kappa shape index (κ2) is 5.20. The van der Waals surface area contributed by atoms with E-state index in [0.717, 1.165) is 0 Å². The van der Waals surface area contributed by atoms with E-state index in [-0.39, 0.29) is 22.0 Å². The average Bonchev–Trinajstić information content (AvgIpc) is 2.20. The molecule has 0 bridgehead atoms. The highest BCUT2D eigenvalue weighted by Gasteiger charge is 2.15. The van der Waals surface area contributed by atoms with Gasteiger partial charge in [0.15, 0.2) is 0 Å². The normalized spacial score (nSPS) is 10.9. The van der Waals surface area contributed by atoms with Crippen LogP contribution in [0, 0.1) is 0 Å². The minimum atomic E-state index is -3.63. The van der Waals surface area contributed by atoms with Crippen molar-refractivity contribution in [3.63, 3.8) is 0 Å². The number of carboxylic acid groups (broad SMARTS) is 1. The summed E-state index contributed by atoms with van der Waals surface area (Å²) in [7, 11) is -3.63. The van der Waals surface area contributed by atoms with Gasteiger partial charge in [0.1, 0.15) is 0 Å². The molecule has 92 valence electrons. The Bertz CT molecular complexity index is 553.